The fraction of sp³-hybridized carbons (Fsp3) is 0.478. The van der Waals surface area contributed by atoms with Crippen LogP contribution in [-0.2, 0) is 11.7 Å². The van der Waals surface area contributed by atoms with E-state index in [2.05, 4.69) is 17.5 Å². The van der Waals surface area contributed by atoms with Crippen molar-refractivity contribution in [3.8, 4) is 0 Å². The topological polar surface area (TPSA) is 32.3 Å². The van der Waals surface area contributed by atoms with Crippen LogP contribution < -0.4 is 5.32 Å². The summed E-state index contributed by atoms with van der Waals surface area (Å²) in [4.78, 5) is 0. The molecule has 1 aromatic carbocycles. The Hall–Kier alpha value is -1.85. The molecule has 1 unspecified atom stereocenters. The quantitative estimate of drug-likeness (QED) is 0.683. The number of aliphatic hydroxyl groups excluding tert-OH is 1. The molecule has 2 atom stereocenters. The van der Waals surface area contributed by atoms with Crippen molar-refractivity contribution in [1.29, 1.82) is 0 Å². The van der Waals surface area contributed by atoms with Crippen LogP contribution in [0.2, 0.25) is 0 Å². The van der Waals surface area contributed by atoms with E-state index in [4.69, 9.17) is 0 Å². The Morgan fingerprint density at radius 2 is 2.07 bits per heavy atom. The van der Waals surface area contributed by atoms with Crippen molar-refractivity contribution in [3.63, 3.8) is 0 Å². The molecule has 28 heavy (non-hydrogen) atoms. The van der Waals surface area contributed by atoms with Crippen LogP contribution in [0.3, 0.4) is 0 Å². The molecule has 2 nitrogen and oxygen atoms in total. The number of hydrogen-bond acceptors (Lipinski definition) is 2. The molecular formula is C23H28F3NO. The second kappa shape index (κ2) is 8.66. The summed E-state index contributed by atoms with van der Waals surface area (Å²) >= 11 is 0. The Bertz CT molecular complexity index is 778. The smallest absolute Gasteiger partial charge is 0.392 e. The van der Waals surface area contributed by atoms with Crippen LogP contribution in [0.4, 0.5) is 13.2 Å². The van der Waals surface area contributed by atoms with Crippen LogP contribution in [0, 0.1) is 0 Å². The van der Waals surface area contributed by atoms with Gasteiger partial charge in [0.1, 0.15) is 0 Å². The van der Waals surface area contributed by atoms with Crippen molar-refractivity contribution in [2.24, 2.45) is 0 Å². The molecule has 2 aliphatic rings. The molecule has 0 amide bonds. The maximum atomic E-state index is 13.3. The van der Waals surface area contributed by atoms with Gasteiger partial charge in [-0.3, -0.25) is 0 Å². The van der Waals surface area contributed by atoms with E-state index in [0.29, 0.717) is 24.9 Å². The fourth-order valence-corrected chi connectivity index (χ4v) is 4.23. The maximum absolute atomic E-state index is 13.3. The second-order valence-corrected chi connectivity index (χ2v) is 7.83. The van der Waals surface area contributed by atoms with Crippen molar-refractivity contribution in [2.45, 2.75) is 63.3 Å². The van der Waals surface area contributed by atoms with Gasteiger partial charge in [0.25, 0.3) is 0 Å². The lowest BCUT2D eigenvalue weighted by Gasteiger charge is -2.41. The summed E-state index contributed by atoms with van der Waals surface area (Å²) in [6.45, 7) is 2.34. The van der Waals surface area contributed by atoms with Gasteiger partial charge in [-0.15, -0.1) is 0 Å². The minimum atomic E-state index is -4.36. The van der Waals surface area contributed by atoms with Gasteiger partial charge in [0.15, 0.2) is 0 Å². The zero-order chi connectivity index (χ0) is 20.2. The Balaban J connectivity index is 2.02. The Kier molecular flexibility index (Phi) is 6.46. The van der Waals surface area contributed by atoms with Crippen LogP contribution >= 0.6 is 0 Å². The third kappa shape index (κ3) is 4.95. The van der Waals surface area contributed by atoms with E-state index < -0.39 is 23.4 Å². The summed E-state index contributed by atoms with van der Waals surface area (Å²) in [7, 11) is 0. The van der Waals surface area contributed by atoms with Crippen molar-refractivity contribution in [3.05, 3.63) is 70.8 Å². The van der Waals surface area contributed by atoms with Gasteiger partial charge in [0.05, 0.1) is 11.7 Å². The van der Waals surface area contributed by atoms with Gasteiger partial charge < -0.3 is 10.4 Å². The summed E-state index contributed by atoms with van der Waals surface area (Å²) in [5.74, 6) is 0. The molecule has 1 aliphatic heterocycles. The van der Waals surface area contributed by atoms with E-state index in [1.165, 1.54) is 17.7 Å². The van der Waals surface area contributed by atoms with Gasteiger partial charge in [-0.05, 0) is 68.7 Å². The molecule has 1 saturated carbocycles. The number of benzene rings is 1. The highest BCUT2D eigenvalue weighted by atomic mass is 19.4. The lowest BCUT2D eigenvalue weighted by atomic mass is 9.73. The van der Waals surface area contributed by atoms with Crippen molar-refractivity contribution in [1.82, 2.24) is 5.32 Å². The summed E-state index contributed by atoms with van der Waals surface area (Å²) < 4.78 is 39.8. The highest BCUT2D eigenvalue weighted by Gasteiger charge is 2.38. The number of β-amino-alcohol motifs (C(OH)–C–C–N with tert-alkyl or cyclic N) is 1. The molecule has 5 heteroatoms. The maximum Gasteiger partial charge on any atom is 0.416 e. The first-order valence-corrected chi connectivity index (χ1v) is 9.94. The average Bonchev–Trinajstić information content (AvgIpc) is 2.67. The van der Waals surface area contributed by atoms with Gasteiger partial charge in [0.2, 0.25) is 0 Å². The first kappa shape index (κ1) is 20.9. The van der Waals surface area contributed by atoms with Crippen molar-refractivity contribution in [2.75, 3.05) is 6.54 Å². The van der Waals surface area contributed by atoms with Crippen molar-refractivity contribution >= 4 is 0 Å². The molecule has 1 aliphatic carbocycles. The van der Waals surface area contributed by atoms with Crippen LogP contribution in [0.15, 0.2) is 59.7 Å². The third-order valence-electron chi connectivity index (χ3n) is 5.71. The second-order valence-electron chi connectivity index (χ2n) is 7.83. The molecule has 0 spiro atoms. The minimum absolute atomic E-state index is 0.375. The summed E-state index contributed by atoms with van der Waals surface area (Å²) in [6, 6.07) is 5.65. The van der Waals surface area contributed by atoms with E-state index >= 15 is 0 Å². The van der Waals surface area contributed by atoms with Crippen LogP contribution in [0.1, 0.15) is 56.6 Å². The highest BCUT2D eigenvalue weighted by Crippen LogP contribution is 2.42. The lowest BCUT2D eigenvalue weighted by Crippen LogP contribution is -2.47. The molecule has 0 saturated heterocycles. The van der Waals surface area contributed by atoms with Gasteiger partial charge in [-0.25, -0.2) is 0 Å². The predicted octanol–water partition coefficient (Wildman–Crippen LogP) is 5.65. The first-order valence-electron chi connectivity index (χ1n) is 9.94. The van der Waals surface area contributed by atoms with Gasteiger partial charge in [0, 0.05) is 12.1 Å². The fourth-order valence-electron chi connectivity index (χ4n) is 4.23. The molecule has 1 fully saturated rings. The summed E-state index contributed by atoms with van der Waals surface area (Å²) in [6.07, 6.45) is 8.00. The number of allylic oxidation sites excluding steroid dienone is 5. The first-order chi connectivity index (χ1) is 13.3. The summed E-state index contributed by atoms with van der Waals surface area (Å²) in [5, 5.41) is 13.9. The largest absolute Gasteiger partial charge is 0.416 e. The monoisotopic (exact) mass is 391 g/mol. The minimum Gasteiger partial charge on any atom is -0.392 e. The van der Waals surface area contributed by atoms with E-state index in [0.717, 1.165) is 37.3 Å². The molecular weight excluding hydrogens is 363 g/mol. The number of alkyl halides is 3. The molecule has 2 N–H and O–H groups in total. The lowest BCUT2D eigenvalue weighted by molar-refractivity contribution is -0.137. The molecule has 2 bridgehead atoms. The predicted molar refractivity (Wildman–Crippen MR) is 106 cm³/mol. The van der Waals surface area contributed by atoms with Crippen LogP contribution in [0.25, 0.3) is 0 Å². The molecule has 0 radical (unpaired) electrons. The molecule has 0 aromatic heterocycles. The zero-order valence-electron chi connectivity index (χ0n) is 16.2. The van der Waals surface area contributed by atoms with E-state index in [1.54, 1.807) is 6.07 Å². The molecule has 1 aromatic rings. The average molecular weight is 391 g/mol. The van der Waals surface area contributed by atoms with E-state index in [-0.39, 0.29) is 0 Å². The number of rotatable bonds is 2. The number of halogens is 3. The van der Waals surface area contributed by atoms with E-state index in [1.807, 2.05) is 19.1 Å². The number of fused-ring (bicyclic) bond motifs is 2. The normalized spacial score (nSPS) is 30.2. The van der Waals surface area contributed by atoms with Gasteiger partial charge >= 0.3 is 6.18 Å². The van der Waals surface area contributed by atoms with Gasteiger partial charge in [-0.2, -0.15) is 13.2 Å². The Morgan fingerprint density at radius 1 is 1.25 bits per heavy atom. The molecule has 1 heterocycles. The number of nitrogens with one attached hydrogen (secondary N) is 1. The Morgan fingerprint density at radius 3 is 2.82 bits per heavy atom. The van der Waals surface area contributed by atoms with E-state index in [9.17, 15) is 18.3 Å². The third-order valence-corrected chi connectivity index (χ3v) is 5.71. The molecule has 3 rings (SSSR count). The number of aliphatic hydroxyl groups is 1. The standard InChI is InChI=1S/C23H28F3NO/c1-2-3-6-17-10-11-21(28)16-27-22(12-5-7-18(13-17)15-22)19-8-4-9-20(14-19)23(24,25)26/h2-4,6,8-9,13-14,21,27-28H,5,7,10-12,15-16H2,1H3/b3-2-,17-6-,18-13+/t21-,22?/m0/s1. The van der Waals surface area contributed by atoms with Crippen LogP contribution in [0.5, 0.6) is 0 Å². The van der Waals surface area contributed by atoms with Crippen molar-refractivity contribution < 1.29 is 18.3 Å². The van der Waals surface area contributed by atoms with Crippen LogP contribution in [-0.4, -0.2) is 17.8 Å². The highest BCUT2D eigenvalue weighted by molar-refractivity contribution is 5.36. The SMILES string of the molecule is C\C=C/C=C1\C=C2/CCCC(c3cccc(C(F)(F)F)c3)(C2)NC[C@@H](O)CC1. The zero-order valence-corrected chi connectivity index (χ0v) is 16.2. The van der Waals surface area contributed by atoms with Gasteiger partial charge in [-0.1, -0.05) is 42.0 Å². The summed E-state index contributed by atoms with van der Waals surface area (Å²) in [5.41, 5.74) is 1.87. The number of hydrogen-bond donors (Lipinski definition) is 2. The Labute approximate surface area is 164 Å². The molecule has 152 valence electrons.